The van der Waals surface area contributed by atoms with E-state index in [1.54, 1.807) is 0 Å². The SMILES string of the molecule is CCn1c(SCn2cc([N+](=O)[O-])cn2)nnc1-c1ccccc1. The molecule has 3 aromatic rings. The van der Waals surface area contributed by atoms with Crippen molar-refractivity contribution in [1.29, 1.82) is 0 Å². The number of rotatable bonds is 6. The summed E-state index contributed by atoms with van der Waals surface area (Å²) in [7, 11) is 0. The van der Waals surface area contributed by atoms with Gasteiger partial charge in [-0.2, -0.15) is 5.10 Å². The lowest BCUT2D eigenvalue weighted by molar-refractivity contribution is -0.385. The maximum Gasteiger partial charge on any atom is 0.307 e. The van der Waals surface area contributed by atoms with Crippen LogP contribution < -0.4 is 0 Å². The summed E-state index contributed by atoms with van der Waals surface area (Å²) in [5, 5.41) is 23.9. The van der Waals surface area contributed by atoms with Crippen molar-refractivity contribution in [3.8, 4) is 11.4 Å². The average molecular weight is 330 g/mol. The molecular weight excluding hydrogens is 316 g/mol. The maximum atomic E-state index is 10.7. The third kappa shape index (κ3) is 3.24. The highest BCUT2D eigenvalue weighted by molar-refractivity contribution is 7.98. The molecule has 0 atom stereocenters. The summed E-state index contributed by atoms with van der Waals surface area (Å²) < 4.78 is 3.53. The Morgan fingerprint density at radius 3 is 2.70 bits per heavy atom. The summed E-state index contributed by atoms with van der Waals surface area (Å²) in [5.41, 5.74) is 0.982. The van der Waals surface area contributed by atoms with Gasteiger partial charge in [-0.25, -0.2) is 0 Å². The van der Waals surface area contributed by atoms with E-state index in [1.807, 2.05) is 41.8 Å². The third-order valence-electron chi connectivity index (χ3n) is 3.22. The van der Waals surface area contributed by atoms with Gasteiger partial charge in [0, 0.05) is 12.1 Å². The zero-order valence-corrected chi connectivity index (χ0v) is 13.2. The van der Waals surface area contributed by atoms with Crippen molar-refractivity contribution in [3.63, 3.8) is 0 Å². The summed E-state index contributed by atoms with van der Waals surface area (Å²) in [6, 6.07) is 9.85. The van der Waals surface area contributed by atoms with E-state index in [4.69, 9.17) is 0 Å². The summed E-state index contributed by atoms with van der Waals surface area (Å²) in [4.78, 5) is 10.2. The molecule has 0 aliphatic rings. The van der Waals surface area contributed by atoms with Crippen molar-refractivity contribution < 1.29 is 4.92 Å². The van der Waals surface area contributed by atoms with Gasteiger partial charge in [-0.1, -0.05) is 42.1 Å². The van der Waals surface area contributed by atoms with Gasteiger partial charge in [0.1, 0.15) is 12.4 Å². The Hall–Kier alpha value is -2.68. The van der Waals surface area contributed by atoms with Crippen LogP contribution in [0.2, 0.25) is 0 Å². The zero-order chi connectivity index (χ0) is 16.2. The highest BCUT2D eigenvalue weighted by atomic mass is 32.2. The molecule has 0 saturated carbocycles. The van der Waals surface area contributed by atoms with Crippen molar-refractivity contribution in [2.45, 2.75) is 24.5 Å². The van der Waals surface area contributed by atoms with Crippen LogP contribution in [0.3, 0.4) is 0 Å². The Balaban J connectivity index is 1.78. The Bertz CT molecular complexity index is 814. The van der Waals surface area contributed by atoms with Crippen LogP contribution in [-0.4, -0.2) is 29.5 Å². The van der Waals surface area contributed by atoms with Gasteiger partial charge >= 0.3 is 5.69 Å². The quantitative estimate of drug-likeness (QED) is 0.392. The zero-order valence-electron chi connectivity index (χ0n) is 12.4. The van der Waals surface area contributed by atoms with E-state index in [0.717, 1.165) is 23.1 Å². The molecule has 118 valence electrons. The highest BCUT2D eigenvalue weighted by Crippen LogP contribution is 2.25. The lowest BCUT2D eigenvalue weighted by Gasteiger charge is -2.07. The van der Waals surface area contributed by atoms with E-state index in [-0.39, 0.29) is 5.69 Å². The number of thioether (sulfide) groups is 1. The fourth-order valence-corrected chi connectivity index (χ4v) is 2.98. The Morgan fingerprint density at radius 1 is 1.26 bits per heavy atom. The molecule has 0 spiro atoms. The monoisotopic (exact) mass is 330 g/mol. The van der Waals surface area contributed by atoms with Crippen LogP contribution in [0.5, 0.6) is 0 Å². The Labute approximate surface area is 136 Å². The predicted octanol–water partition coefficient (Wildman–Crippen LogP) is 2.82. The van der Waals surface area contributed by atoms with Crippen LogP contribution in [0.25, 0.3) is 11.4 Å². The molecule has 0 fully saturated rings. The molecular formula is C14H14N6O2S. The molecule has 0 aliphatic heterocycles. The molecule has 0 unspecified atom stereocenters. The molecule has 9 heteroatoms. The molecule has 0 radical (unpaired) electrons. The van der Waals surface area contributed by atoms with Gasteiger partial charge in [0.15, 0.2) is 11.0 Å². The van der Waals surface area contributed by atoms with Crippen molar-refractivity contribution >= 4 is 17.4 Å². The van der Waals surface area contributed by atoms with Gasteiger partial charge in [0.2, 0.25) is 0 Å². The topological polar surface area (TPSA) is 91.7 Å². The number of benzene rings is 1. The number of nitro groups is 1. The second kappa shape index (κ2) is 6.61. The average Bonchev–Trinajstić information content (AvgIpc) is 3.20. The molecule has 0 aliphatic carbocycles. The van der Waals surface area contributed by atoms with Crippen molar-refractivity contribution in [3.05, 3.63) is 52.8 Å². The smallest absolute Gasteiger partial charge is 0.302 e. The normalized spacial score (nSPS) is 10.8. The van der Waals surface area contributed by atoms with E-state index >= 15 is 0 Å². The fraction of sp³-hybridized carbons (Fsp3) is 0.214. The van der Waals surface area contributed by atoms with E-state index in [9.17, 15) is 10.1 Å². The minimum Gasteiger partial charge on any atom is -0.302 e. The fourth-order valence-electron chi connectivity index (χ4n) is 2.12. The van der Waals surface area contributed by atoms with E-state index in [2.05, 4.69) is 15.3 Å². The second-order valence-electron chi connectivity index (χ2n) is 4.69. The Morgan fingerprint density at radius 2 is 2.04 bits per heavy atom. The summed E-state index contributed by atoms with van der Waals surface area (Å²) in [5.74, 6) is 1.24. The van der Waals surface area contributed by atoms with Gasteiger partial charge in [0.05, 0.1) is 10.8 Å². The first-order valence-electron chi connectivity index (χ1n) is 6.97. The summed E-state index contributed by atoms with van der Waals surface area (Å²) in [6.07, 6.45) is 2.64. The van der Waals surface area contributed by atoms with Crippen molar-refractivity contribution in [2.24, 2.45) is 0 Å². The molecule has 23 heavy (non-hydrogen) atoms. The van der Waals surface area contributed by atoms with Crippen LogP contribution in [0, 0.1) is 10.1 Å². The maximum absolute atomic E-state index is 10.7. The molecule has 0 saturated heterocycles. The van der Waals surface area contributed by atoms with E-state index in [0.29, 0.717) is 5.88 Å². The van der Waals surface area contributed by atoms with Gasteiger partial charge in [-0.3, -0.25) is 14.8 Å². The molecule has 2 aromatic heterocycles. The van der Waals surface area contributed by atoms with Crippen LogP contribution in [0.15, 0.2) is 47.9 Å². The minimum absolute atomic E-state index is 0.0208. The van der Waals surface area contributed by atoms with Crippen LogP contribution in [0.1, 0.15) is 6.92 Å². The standard InChI is InChI=1S/C14H14N6O2S/c1-2-19-13(11-6-4-3-5-7-11)16-17-14(19)23-10-18-9-12(8-15-18)20(21)22/h3-9H,2,10H2,1H3. The first-order valence-corrected chi connectivity index (χ1v) is 7.96. The largest absolute Gasteiger partial charge is 0.307 e. The Kier molecular flexibility index (Phi) is 4.38. The van der Waals surface area contributed by atoms with Crippen molar-refractivity contribution in [1.82, 2.24) is 24.5 Å². The lowest BCUT2D eigenvalue weighted by Crippen LogP contribution is -2.01. The molecule has 8 nitrogen and oxygen atoms in total. The van der Waals surface area contributed by atoms with Gasteiger partial charge in [-0.15, -0.1) is 10.2 Å². The number of nitrogens with zero attached hydrogens (tertiary/aromatic N) is 6. The van der Waals surface area contributed by atoms with E-state index < -0.39 is 4.92 Å². The molecule has 0 N–H and O–H groups in total. The van der Waals surface area contributed by atoms with E-state index in [1.165, 1.54) is 28.8 Å². The molecule has 0 amide bonds. The van der Waals surface area contributed by atoms with Crippen LogP contribution >= 0.6 is 11.8 Å². The first-order chi connectivity index (χ1) is 11.2. The third-order valence-corrected chi connectivity index (χ3v) is 4.18. The number of hydrogen-bond donors (Lipinski definition) is 0. The highest BCUT2D eigenvalue weighted by Gasteiger charge is 2.14. The first kappa shape index (κ1) is 15.2. The second-order valence-corrected chi connectivity index (χ2v) is 5.60. The van der Waals surface area contributed by atoms with Gasteiger partial charge in [0.25, 0.3) is 0 Å². The lowest BCUT2D eigenvalue weighted by atomic mass is 10.2. The minimum atomic E-state index is -0.462. The van der Waals surface area contributed by atoms with Gasteiger partial charge < -0.3 is 4.57 Å². The molecule has 3 rings (SSSR count). The number of hydrogen-bond acceptors (Lipinski definition) is 6. The van der Waals surface area contributed by atoms with Crippen LogP contribution in [0.4, 0.5) is 5.69 Å². The predicted molar refractivity (Wildman–Crippen MR) is 85.9 cm³/mol. The van der Waals surface area contributed by atoms with Gasteiger partial charge in [-0.05, 0) is 6.92 Å². The van der Waals surface area contributed by atoms with Crippen LogP contribution in [-0.2, 0) is 12.4 Å². The molecule has 2 heterocycles. The summed E-state index contributed by atoms with van der Waals surface area (Å²) >= 11 is 1.43. The van der Waals surface area contributed by atoms with Crippen molar-refractivity contribution in [2.75, 3.05) is 0 Å². The number of aromatic nitrogens is 5. The molecule has 1 aromatic carbocycles. The summed E-state index contributed by atoms with van der Waals surface area (Å²) in [6.45, 7) is 2.76. The molecule has 0 bridgehead atoms.